The summed E-state index contributed by atoms with van der Waals surface area (Å²) in [6.07, 6.45) is 7.84. The molecule has 41 heavy (non-hydrogen) atoms. The Labute approximate surface area is 240 Å². The number of fused-ring (bicyclic) bond motifs is 1. The van der Waals surface area contributed by atoms with E-state index in [4.69, 9.17) is 14.2 Å². The zero-order valence-electron chi connectivity index (χ0n) is 23.6. The zero-order chi connectivity index (χ0) is 28.6. The number of ether oxygens (including phenoxy) is 3. The Morgan fingerprint density at radius 1 is 1.02 bits per heavy atom. The molecule has 2 heterocycles. The van der Waals surface area contributed by atoms with Gasteiger partial charge in [-0.3, -0.25) is 9.59 Å². The molecule has 218 valence electrons. The molecule has 0 unspecified atom stereocenters. The summed E-state index contributed by atoms with van der Waals surface area (Å²) in [5.41, 5.74) is 2.44. The summed E-state index contributed by atoms with van der Waals surface area (Å²) in [6, 6.07) is 15.7. The van der Waals surface area contributed by atoms with Crippen molar-refractivity contribution in [2.24, 2.45) is 0 Å². The molecule has 5 rings (SSSR count). The maximum Gasteiger partial charge on any atom is 0.254 e. The summed E-state index contributed by atoms with van der Waals surface area (Å²) in [5, 5.41) is 0. The predicted octanol–water partition coefficient (Wildman–Crippen LogP) is 5.24. The summed E-state index contributed by atoms with van der Waals surface area (Å²) in [7, 11) is 1.63. The highest BCUT2D eigenvalue weighted by molar-refractivity contribution is 5.97. The molecule has 2 amide bonds. The highest BCUT2D eigenvalue weighted by Gasteiger charge is 2.29. The number of halogens is 1. The highest BCUT2D eigenvalue weighted by atomic mass is 19.1. The number of rotatable bonds is 12. The summed E-state index contributed by atoms with van der Waals surface area (Å²) < 4.78 is 31.6. The Morgan fingerprint density at radius 2 is 1.80 bits per heavy atom. The van der Waals surface area contributed by atoms with Gasteiger partial charge in [-0.15, -0.1) is 0 Å². The van der Waals surface area contributed by atoms with Crippen molar-refractivity contribution < 1.29 is 28.2 Å². The molecule has 0 bridgehead atoms. The van der Waals surface area contributed by atoms with Crippen molar-refractivity contribution in [1.29, 1.82) is 0 Å². The van der Waals surface area contributed by atoms with Crippen LogP contribution in [0.4, 0.5) is 4.39 Å². The fourth-order valence-electron chi connectivity index (χ4n) is 5.64. The molecule has 0 saturated heterocycles. The van der Waals surface area contributed by atoms with Gasteiger partial charge in [-0.05, 0) is 67.3 Å². The van der Waals surface area contributed by atoms with E-state index in [0.717, 1.165) is 36.9 Å². The van der Waals surface area contributed by atoms with Gasteiger partial charge in [0.15, 0.2) is 11.5 Å². The summed E-state index contributed by atoms with van der Waals surface area (Å²) >= 11 is 0. The molecule has 3 aromatic rings. The van der Waals surface area contributed by atoms with Gasteiger partial charge in [-0.1, -0.05) is 31.4 Å². The maximum absolute atomic E-state index is 14.0. The third-order valence-corrected chi connectivity index (χ3v) is 7.87. The molecule has 1 aromatic heterocycles. The lowest BCUT2D eigenvalue weighted by atomic mass is 9.94. The first-order valence-electron chi connectivity index (χ1n) is 14.4. The van der Waals surface area contributed by atoms with Crippen molar-refractivity contribution in [2.75, 3.05) is 33.6 Å². The molecule has 2 aliphatic rings. The van der Waals surface area contributed by atoms with Gasteiger partial charge in [0.2, 0.25) is 12.7 Å². The molecule has 8 nitrogen and oxygen atoms in total. The summed E-state index contributed by atoms with van der Waals surface area (Å²) in [5.74, 6) is 0.579. The van der Waals surface area contributed by atoms with Crippen LogP contribution in [0.1, 0.15) is 60.1 Å². The standard InChI is InChI=1S/C32H38FN3O5/c1-39-18-6-17-35(32(38)25-12-15-29-30(19-25)41-23-40-29)22-31(37)36(27-7-3-2-4-8-27)21-28-9-5-16-34(28)20-24-10-13-26(33)14-11-24/h5,9-16,19,27H,2-4,6-8,17-18,20-23H2,1H3. The van der Waals surface area contributed by atoms with E-state index in [1.54, 1.807) is 42.3 Å². The Balaban J connectivity index is 1.35. The van der Waals surface area contributed by atoms with Gasteiger partial charge >= 0.3 is 0 Å². The molecule has 1 fully saturated rings. The quantitative estimate of drug-likeness (QED) is 0.282. The van der Waals surface area contributed by atoms with Crippen molar-refractivity contribution >= 4 is 11.8 Å². The first kappa shape index (κ1) is 28.7. The summed E-state index contributed by atoms with van der Waals surface area (Å²) in [4.78, 5) is 31.3. The van der Waals surface area contributed by atoms with Crippen molar-refractivity contribution in [3.63, 3.8) is 0 Å². The van der Waals surface area contributed by atoms with Crippen LogP contribution in [0.5, 0.6) is 11.5 Å². The molecule has 0 N–H and O–H groups in total. The minimum Gasteiger partial charge on any atom is -0.454 e. The van der Waals surface area contributed by atoms with Gasteiger partial charge in [0.1, 0.15) is 12.4 Å². The van der Waals surface area contributed by atoms with Crippen molar-refractivity contribution in [3.8, 4) is 11.5 Å². The lowest BCUT2D eigenvalue weighted by molar-refractivity contribution is -0.135. The van der Waals surface area contributed by atoms with Crippen LogP contribution in [0.2, 0.25) is 0 Å². The van der Waals surface area contributed by atoms with E-state index < -0.39 is 0 Å². The number of carbonyl (C=O) groups excluding carboxylic acids is 2. The average Bonchev–Trinajstić information content (AvgIpc) is 3.65. The third kappa shape index (κ3) is 7.27. The van der Waals surface area contributed by atoms with Gasteiger partial charge in [0.25, 0.3) is 5.91 Å². The number of hydrogen-bond acceptors (Lipinski definition) is 5. The number of aromatic nitrogens is 1. The third-order valence-electron chi connectivity index (χ3n) is 7.87. The monoisotopic (exact) mass is 563 g/mol. The SMILES string of the molecule is COCCCN(CC(=O)N(Cc1cccn1Cc1ccc(F)cc1)C1CCCCC1)C(=O)c1ccc2c(c1)OCO2. The van der Waals surface area contributed by atoms with E-state index in [0.29, 0.717) is 49.7 Å². The van der Waals surface area contributed by atoms with E-state index in [-0.39, 0.29) is 37.0 Å². The molecule has 1 saturated carbocycles. The summed E-state index contributed by atoms with van der Waals surface area (Å²) in [6.45, 7) is 2.02. The lowest BCUT2D eigenvalue weighted by Gasteiger charge is -2.36. The van der Waals surface area contributed by atoms with E-state index >= 15 is 0 Å². The molecule has 0 radical (unpaired) electrons. The number of benzene rings is 2. The second-order valence-electron chi connectivity index (χ2n) is 10.7. The maximum atomic E-state index is 14.0. The van der Waals surface area contributed by atoms with Gasteiger partial charge in [-0.25, -0.2) is 4.39 Å². The molecular formula is C32H38FN3O5. The normalized spacial score (nSPS) is 14.7. The second kappa shape index (κ2) is 13.7. The highest BCUT2D eigenvalue weighted by Crippen LogP contribution is 2.33. The van der Waals surface area contributed by atoms with E-state index in [2.05, 4.69) is 4.57 Å². The van der Waals surface area contributed by atoms with E-state index in [9.17, 15) is 14.0 Å². The number of methoxy groups -OCH3 is 1. The van der Waals surface area contributed by atoms with Crippen molar-refractivity contribution in [1.82, 2.24) is 14.4 Å². The lowest BCUT2D eigenvalue weighted by Crippen LogP contribution is -2.48. The first-order valence-corrected chi connectivity index (χ1v) is 14.4. The van der Waals surface area contributed by atoms with Gasteiger partial charge in [0.05, 0.1) is 6.54 Å². The molecule has 9 heteroatoms. The van der Waals surface area contributed by atoms with Crippen LogP contribution in [0.25, 0.3) is 0 Å². The van der Waals surface area contributed by atoms with Crippen molar-refractivity contribution in [3.05, 3.63) is 83.4 Å². The smallest absolute Gasteiger partial charge is 0.254 e. The van der Waals surface area contributed by atoms with Gasteiger partial charge in [0, 0.05) is 50.3 Å². The number of hydrogen-bond donors (Lipinski definition) is 0. The van der Waals surface area contributed by atoms with Crippen LogP contribution in [0, 0.1) is 5.82 Å². The fourth-order valence-corrected chi connectivity index (χ4v) is 5.64. The van der Waals surface area contributed by atoms with Crippen molar-refractivity contribution in [2.45, 2.75) is 57.7 Å². The first-order chi connectivity index (χ1) is 20.0. The molecule has 2 aromatic carbocycles. The number of carbonyl (C=O) groups is 2. The molecular weight excluding hydrogens is 525 g/mol. The Kier molecular flexibility index (Phi) is 9.56. The average molecular weight is 564 g/mol. The van der Waals surface area contributed by atoms with E-state index in [1.807, 2.05) is 23.2 Å². The number of nitrogens with zero attached hydrogens (tertiary/aromatic N) is 3. The molecule has 1 aliphatic carbocycles. The van der Waals surface area contributed by atoms with Crippen LogP contribution >= 0.6 is 0 Å². The van der Waals surface area contributed by atoms with Crippen LogP contribution in [-0.2, 0) is 22.6 Å². The van der Waals surface area contributed by atoms with Gasteiger partial charge in [-0.2, -0.15) is 0 Å². The van der Waals surface area contributed by atoms with E-state index in [1.165, 1.54) is 18.6 Å². The van der Waals surface area contributed by atoms with Crippen LogP contribution in [-0.4, -0.2) is 65.8 Å². The minimum atomic E-state index is -0.263. The molecule has 0 atom stereocenters. The Morgan fingerprint density at radius 3 is 2.59 bits per heavy atom. The van der Waals surface area contributed by atoms with Gasteiger partial charge < -0.3 is 28.6 Å². The predicted molar refractivity (Wildman–Crippen MR) is 152 cm³/mol. The van der Waals surface area contributed by atoms with Crippen LogP contribution < -0.4 is 9.47 Å². The van der Waals surface area contributed by atoms with Crippen LogP contribution in [0.15, 0.2) is 60.8 Å². The Bertz CT molecular complexity index is 1320. The number of amides is 2. The topological polar surface area (TPSA) is 73.2 Å². The fraction of sp³-hybridized carbons (Fsp3) is 0.438. The Hall–Kier alpha value is -3.85. The molecule has 0 spiro atoms. The zero-order valence-corrected chi connectivity index (χ0v) is 23.6. The minimum absolute atomic E-state index is 0.0217. The van der Waals surface area contributed by atoms with Crippen LogP contribution in [0.3, 0.4) is 0 Å². The largest absolute Gasteiger partial charge is 0.454 e. The molecule has 1 aliphatic heterocycles. The second-order valence-corrected chi connectivity index (χ2v) is 10.7.